The molecule has 2 nitrogen and oxygen atoms in total. The molecule has 0 aromatic heterocycles. The summed E-state index contributed by atoms with van der Waals surface area (Å²) in [6, 6.07) is 8.02. The Kier molecular flexibility index (Phi) is 3.54. The molecule has 90 valence electrons. The molecule has 1 atom stereocenters. The Labute approximate surface area is 110 Å². The number of rotatable bonds is 3. The number of allylic oxidation sites excluding steroid dienone is 1. The van der Waals surface area contributed by atoms with Gasteiger partial charge in [0, 0.05) is 11.9 Å². The monoisotopic (exact) mass is 265 g/mol. The van der Waals surface area contributed by atoms with Crippen molar-refractivity contribution in [1.82, 2.24) is 0 Å². The lowest BCUT2D eigenvalue weighted by molar-refractivity contribution is -0.118. The number of nitrogens with zero attached hydrogens (tertiary/aromatic N) is 1. The quantitative estimate of drug-likeness (QED) is 0.781. The Morgan fingerprint density at radius 1 is 1.53 bits per heavy atom. The van der Waals surface area contributed by atoms with E-state index in [1.54, 1.807) is 28.4 Å². The van der Waals surface area contributed by atoms with Gasteiger partial charge in [-0.15, -0.1) is 18.3 Å². The molecule has 0 aliphatic carbocycles. The Hall–Kier alpha value is -0.870. The van der Waals surface area contributed by atoms with E-state index in [-0.39, 0.29) is 5.91 Å². The molecule has 1 heterocycles. The number of anilines is 1. The van der Waals surface area contributed by atoms with Crippen molar-refractivity contribution in [1.29, 1.82) is 0 Å². The fraction of sp³-hybridized carbons (Fsp3) is 0.308. The molecule has 0 spiro atoms. The zero-order chi connectivity index (χ0) is 12.5. The molecule has 1 amide bonds. The van der Waals surface area contributed by atoms with E-state index in [1.807, 2.05) is 37.6 Å². The number of thioether (sulfide) groups is 2. The van der Waals surface area contributed by atoms with Crippen LogP contribution >= 0.6 is 23.5 Å². The molecule has 1 aromatic carbocycles. The van der Waals surface area contributed by atoms with Crippen molar-refractivity contribution in [3.8, 4) is 0 Å². The van der Waals surface area contributed by atoms with Gasteiger partial charge in [0.25, 0.3) is 5.91 Å². The number of carbonyl (C=O) groups excluding carboxylic acids is 1. The van der Waals surface area contributed by atoms with Gasteiger partial charge in [0.05, 0.1) is 5.69 Å². The van der Waals surface area contributed by atoms with Crippen LogP contribution in [0.4, 0.5) is 5.69 Å². The summed E-state index contributed by atoms with van der Waals surface area (Å²) in [4.78, 5) is 15.4. The second-order valence-electron chi connectivity index (χ2n) is 3.88. The summed E-state index contributed by atoms with van der Waals surface area (Å²) in [6.07, 6.45) is 4.48. The summed E-state index contributed by atoms with van der Waals surface area (Å²) >= 11 is 3.24. The molecule has 1 unspecified atom stereocenters. The highest BCUT2D eigenvalue weighted by Gasteiger charge is 2.44. The Bertz CT molecular complexity index is 460. The second kappa shape index (κ2) is 4.78. The van der Waals surface area contributed by atoms with Gasteiger partial charge in [0.2, 0.25) is 0 Å². The largest absolute Gasteiger partial charge is 0.312 e. The summed E-state index contributed by atoms with van der Waals surface area (Å²) in [5.74, 6) is 0.147. The highest BCUT2D eigenvalue weighted by Crippen LogP contribution is 2.51. The van der Waals surface area contributed by atoms with Crippen LogP contribution in [0.2, 0.25) is 0 Å². The van der Waals surface area contributed by atoms with E-state index < -0.39 is 4.08 Å². The number of fused-ring (bicyclic) bond motifs is 1. The third kappa shape index (κ3) is 2.00. The van der Waals surface area contributed by atoms with E-state index in [2.05, 4.69) is 12.6 Å². The maximum atomic E-state index is 12.5. The first kappa shape index (κ1) is 12.6. The zero-order valence-corrected chi connectivity index (χ0v) is 11.6. The maximum Gasteiger partial charge on any atom is 0.253 e. The number of para-hydroxylation sites is 1. The van der Waals surface area contributed by atoms with Crippen molar-refractivity contribution in [2.24, 2.45) is 0 Å². The number of benzene rings is 1. The van der Waals surface area contributed by atoms with Crippen molar-refractivity contribution >= 4 is 35.1 Å². The van der Waals surface area contributed by atoms with Gasteiger partial charge in [-0.05, 0) is 24.8 Å². The number of hydrogen-bond donors (Lipinski definition) is 0. The van der Waals surface area contributed by atoms with Crippen LogP contribution in [0.5, 0.6) is 0 Å². The summed E-state index contributed by atoms with van der Waals surface area (Å²) < 4.78 is -0.454. The molecule has 4 heteroatoms. The molecule has 0 saturated heterocycles. The molecule has 2 rings (SSSR count). The Balaban J connectivity index is 2.49. The molecule has 0 fully saturated rings. The summed E-state index contributed by atoms with van der Waals surface area (Å²) in [5, 5.41) is 0. The maximum absolute atomic E-state index is 12.5. The SMILES string of the molecule is C=CCC1(SC)Sc2ccccc2N(C)C1=O. The lowest BCUT2D eigenvalue weighted by Gasteiger charge is -2.38. The average molecular weight is 265 g/mol. The predicted octanol–water partition coefficient (Wildman–Crippen LogP) is 3.39. The fourth-order valence-corrected chi connectivity index (χ4v) is 4.37. The summed E-state index contributed by atoms with van der Waals surface area (Å²) in [7, 11) is 1.84. The van der Waals surface area contributed by atoms with Gasteiger partial charge in [-0.1, -0.05) is 30.0 Å². The second-order valence-corrected chi connectivity index (χ2v) is 6.59. The molecule has 0 bridgehead atoms. The van der Waals surface area contributed by atoms with Crippen LogP contribution in [-0.2, 0) is 4.79 Å². The van der Waals surface area contributed by atoms with Crippen LogP contribution in [0.1, 0.15) is 6.42 Å². The molecule has 1 aliphatic heterocycles. The molecule has 0 N–H and O–H groups in total. The number of amides is 1. The third-order valence-corrected chi connectivity index (χ3v) is 5.86. The predicted molar refractivity (Wildman–Crippen MR) is 76.8 cm³/mol. The number of hydrogen-bond acceptors (Lipinski definition) is 3. The number of carbonyl (C=O) groups is 1. The van der Waals surface area contributed by atoms with Gasteiger partial charge in [-0.2, -0.15) is 0 Å². The van der Waals surface area contributed by atoms with Gasteiger partial charge in [0.1, 0.15) is 4.08 Å². The molecule has 0 saturated carbocycles. The van der Waals surface area contributed by atoms with Gasteiger partial charge >= 0.3 is 0 Å². The van der Waals surface area contributed by atoms with Gasteiger partial charge in [0.15, 0.2) is 0 Å². The highest BCUT2D eigenvalue weighted by atomic mass is 32.2. The van der Waals surface area contributed by atoms with E-state index in [9.17, 15) is 4.79 Å². The molecule has 1 aromatic rings. The summed E-state index contributed by atoms with van der Waals surface area (Å²) in [5.41, 5.74) is 0.997. The van der Waals surface area contributed by atoms with E-state index in [4.69, 9.17) is 0 Å². The molecule has 0 radical (unpaired) electrons. The first-order valence-corrected chi connectivity index (χ1v) is 7.41. The van der Waals surface area contributed by atoms with Crippen LogP contribution in [0.3, 0.4) is 0 Å². The minimum absolute atomic E-state index is 0.147. The minimum Gasteiger partial charge on any atom is -0.312 e. The van der Waals surface area contributed by atoms with Crippen molar-refractivity contribution in [2.45, 2.75) is 15.4 Å². The Morgan fingerprint density at radius 3 is 2.88 bits per heavy atom. The van der Waals surface area contributed by atoms with Crippen LogP contribution in [0.25, 0.3) is 0 Å². The molecular formula is C13H15NOS2. The standard InChI is InChI=1S/C13H15NOS2/c1-4-9-13(16-3)12(15)14(2)10-7-5-6-8-11(10)17-13/h4-8H,1,9H2,2-3H3. The topological polar surface area (TPSA) is 20.3 Å². The van der Waals surface area contributed by atoms with E-state index in [0.717, 1.165) is 10.6 Å². The lowest BCUT2D eigenvalue weighted by atomic mass is 10.2. The van der Waals surface area contributed by atoms with Crippen LogP contribution < -0.4 is 4.90 Å². The molecule has 1 aliphatic rings. The van der Waals surface area contributed by atoms with E-state index in [0.29, 0.717) is 6.42 Å². The van der Waals surface area contributed by atoms with Gasteiger partial charge in [-0.3, -0.25) is 4.79 Å². The van der Waals surface area contributed by atoms with Crippen molar-refractivity contribution in [3.63, 3.8) is 0 Å². The molecular weight excluding hydrogens is 250 g/mol. The van der Waals surface area contributed by atoms with Crippen molar-refractivity contribution in [3.05, 3.63) is 36.9 Å². The van der Waals surface area contributed by atoms with E-state index in [1.165, 1.54) is 0 Å². The van der Waals surface area contributed by atoms with E-state index >= 15 is 0 Å². The van der Waals surface area contributed by atoms with Gasteiger partial charge < -0.3 is 4.90 Å². The van der Waals surface area contributed by atoms with Gasteiger partial charge in [-0.25, -0.2) is 0 Å². The average Bonchev–Trinajstić information content (AvgIpc) is 2.36. The van der Waals surface area contributed by atoms with Crippen LogP contribution in [0, 0.1) is 0 Å². The first-order chi connectivity index (χ1) is 8.14. The first-order valence-electron chi connectivity index (χ1n) is 5.37. The lowest BCUT2D eigenvalue weighted by Crippen LogP contribution is -2.45. The molecule has 17 heavy (non-hydrogen) atoms. The van der Waals surface area contributed by atoms with Crippen molar-refractivity contribution < 1.29 is 4.79 Å². The van der Waals surface area contributed by atoms with Crippen LogP contribution in [-0.4, -0.2) is 23.3 Å². The normalized spacial score (nSPS) is 23.4. The highest BCUT2D eigenvalue weighted by molar-refractivity contribution is 8.19. The van der Waals surface area contributed by atoms with Crippen molar-refractivity contribution in [2.75, 3.05) is 18.2 Å². The third-order valence-electron chi connectivity index (χ3n) is 2.87. The zero-order valence-electron chi connectivity index (χ0n) is 9.97. The minimum atomic E-state index is -0.454. The summed E-state index contributed by atoms with van der Waals surface area (Å²) in [6.45, 7) is 3.77. The fourth-order valence-electron chi connectivity index (χ4n) is 1.94. The smallest absolute Gasteiger partial charge is 0.253 e. The van der Waals surface area contributed by atoms with Crippen LogP contribution in [0.15, 0.2) is 41.8 Å². The Morgan fingerprint density at radius 2 is 2.24 bits per heavy atom.